The largest absolute Gasteiger partial charge is 0.495 e. The van der Waals surface area contributed by atoms with Crippen molar-refractivity contribution in [1.82, 2.24) is 4.90 Å². The zero-order valence-electron chi connectivity index (χ0n) is 12.4. The molecule has 1 heterocycles. The van der Waals surface area contributed by atoms with Gasteiger partial charge in [-0.3, -0.25) is 9.59 Å². The molecule has 1 aromatic rings. The second-order valence-electron chi connectivity index (χ2n) is 5.52. The predicted octanol–water partition coefficient (Wildman–Crippen LogP) is 3.18. The van der Waals surface area contributed by atoms with Crippen molar-refractivity contribution in [2.75, 3.05) is 20.2 Å². The molecular formula is C16H20ClNO3. The summed E-state index contributed by atoms with van der Waals surface area (Å²) < 4.78 is 5.07. The van der Waals surface area contributed by atoms with E-state index in [9.17, 15) is 9.59 Å². The van der Waals surface area contributed by atoms with Crippen LogP contribution in [0.5, 0.6) is 5.75 Å². The van der Waals surface area contributed by atoms with E-state index in [-0.39, 0.29) is 18.2 Å². The van der Waals surface area contributed by atoms with Gasteiger partial charge in [-0.2, -0.15) is 0 Å². The van der Waals surface area contributed by atoms with Crippen LogP contribution in [-0.4, -0.2) is 36.8 Å². The average molecular weight is 310 g/mol. The SMILES string of the molecule is COc1ccc(C(=O)CN2CCC(C)CCC2=O)cc1Cl. The van der Waals surface area contributed by atoms with E-state index in [1.807, 2.05) is 0 Å². The normalized spacial score (nSPS) is 19.3. The van der Waals surface area contributed by atoms with Crippen LogP contribution in [0.2, 0.25) is 5.02 Å². The summed E-state index contributed by atoms with van der Waals surface area (Å²) in [6, 6.07) is 4.94. The molecule has 1 amide bonds. The van der Waals surface area contributed by atoms with Crippen molar-refractivity contribution in [3.05, 3.63) is 28.8 Å². The van der Waals surface area contributed by atoms with Crippen molar-refractivity contribution in [2.24, 2.45) is 5.92 Å². The Kier molecular flexibility index (Phi) is 5.23. The Morgan fingerprint density at radius 2 is 2.19 bits per heavy atom. The van der Waals surface area contributed by atoms with Crippen molar-refractivity contribution in [3.63, 3.8) is 0 Å². The lowest BCUT2D eigenvalue weighted by Gasteiger charge is -2.20. The number of benzene rings is 1. The molecule has 2 rings (SSSR count). The lowest BCUT2D eigenvalue weighted by molar-refractivity contribution is -0.130. The molecule has 5 heteroatoms. The Morgan fingerprint density at radius 3 is 2.86 bits per heavy atom. The van der Waals surface area contributed by atoms with E-state index in [4.69, 9.17) is 16.3 Å². The number of nitrogens with zero attached hydrogens (tertiary/aromatic N) is 1. The Balaban J connectivity index is 2.06. The van der Waals surface area contributed by atoms with Crippen LogP contribution < -0.4 is 4.74 Å². The minimum Gasteiger partial charge on any atom is -0.495 e. The Bertz CT molecular complexity index is 544. The van der Waals surface area contributed by atoms with Crippen LogP contribution in [0.15, 0.2) is 18.2 Å². The number of carbonyl (C=O) groups is 2. The molecule has 0 aliphatic carbocycles. The molecule has 1 aliphatic rings. The number of likely N-dealkylation sites (tertiary alicyclic amines) is 1. The molecular weight excluding hydrogens is 290 g/mol. The van der Waals surface area contributed by atoms with Gasteiger partial charge in [0.25, 0.3) is 0 Å². The Hall–Kier alpha value is -1.55. The standard InChI is InChI=1S/C16H20ClNO3/c1-11-3-6-16(20)18(8-7-11)10-14(19)12-4-5-15(21-2)13(17)9-12/h4-5,9,11H,3,6-8,10H2,1-2H3. The number of amides is 1. The Labute approximate surface area is 130 Å². The van der Waals surface area contributed by atoms with E-state index >= 15 is 0 Å². The highest BCUT2D eigenvalue weighted by Gasteiger charge is 2.22. The number of hydrogen-bond acceptors (Lipinski definition) is 3. The zero-order valence-corrected chi connectivity index (χ0v) is 13.2. The van der Waals surface area contributed by atoms with Crippen molar-refractivity contribution >= 4 is 23.3 Å². The van der Waals surface area contributed by atoms with Gasteiger partial charge in [-0.25, -0.2) is 0 Å². The average Bonchev–Trinajstić information content (AvgIpc) is 2.62. The van der Waals surface area contributed by atoms with E-state index in [1.165, 1.54) is 7.11 Å². The lowest BCUT2D eigenvalue weighted by Crippen LogP contribution is -2.35. The van der Waals surface area contributed by atoms with Crippen molar-refractivity contribution in [3.8, 4) is 5.75 Å². The number of rotatable bonds is 4. The molecule has 1 aromatic carbocycles. The quantitative estimate of drug-likeness (QED) is 0.803. The summed E-state index contributed by atoms with van der Waals surface area (Å²) in [5.41, 5.74) is 0.505. The van der Waals surface area contributed by atoms with Crippen LogP contribution in [0, 0.1) is 5.92 Å². The summed E-state index contributed by atoms with van der Waals surface area (Å²) in [5, 5.41) is 0.402. The van der Waals surface area contributed by atoms with Gasteiger partial charge >= 0.3 is 0 Å². The topological polar surface area (TPSA) is 46.6 Å². The third kappa shape index (κ3) is 3.97. The third-order valence-electron chi connectivity index (χ3n) is 3.90. The van der Waals surface area contributed by atoms with Gasteiger partial charge in [-0.15, -0.1) is 0 Å². The zero-order chi connectivity index (χ0) is 15.4. The number of hydrogen-bond donors (Lipinski definition) is 0. The molecule has 4 nitrogen and oxygen atoms in total. The summed E-state index contributed by atoms with van der Waals surface area (Å²) in [6.07, 6.45) is 2.37. The molecule has 0 N–H and O–H groups in total. The fraction of sp³-hybridized carbons (Fsp3) is 0.500. The van der Waals surface area contributed by atoms with E-state index in [2.05, 4.69) is 6.92 Å². The molecule has 1 aliphatic heterocycles. The molecule has 0 spiro atoms. The molecule has 0 radical (unpaired) electrons. The minimum absolute atomic E-state index is 0.0623. The molecule has 0 bridgehead atoms. The summed E-state index contributed by atoms with van der Waals surface area (Å²) in [7, 11) is 1.53. The van der Waals surface area contributed by atoms with Gasteiger partial charge in [-0.05, 0) is 37.0 Å². The fourth-order valence-corrected chi connectivity index (χ4v) is 2.70. The predicted molar refractivity (Wildman–Crippen MR) is 81.9 cm³/mol. The van der Waals surface area contributed by atoms with E-state index < -0.39 is 0 Å². The third-order valence-corrected chi connectivity index (χ3v) is 4.20. The lowest BCUT2D eigenvalue weighted by atomic mass is 10.0. The highest BCUT2D eigenvalue weighted by Crippen LogP contribution is 2.25. The summed E-state index contributed by atoms with van der Waals surface area (Å²) in [5.74, 6) is 1.03. The smallest absolute Gasteiger partial charge is 0.222 e. The number of carbonyl (C=O) groups excluding carboxylic acids is 2. The number of halogens is 1. The molecule has 0 saturated carbocycles. The van der Waals surface area contributed by atoms with E-state index in [0.29, 0.717) is 35.2 Å². The van der Waals surface area contributed by atoms with Crippen LogP contribution in [0.4, 0.5) is 0 Å². The second-order valence-corrected chi connectivity index (χ2v) is 5.93. The first-order valence-corrected chi connectivity index (χ1v) is 7.53. The molecule has 0 aromatic heterocycles. The van der Waals surface area contributed by atoms with E-state index in [0.717, 1.165) is 12.8 Å². The van der Waals surface area contributed by atoms with Gasteiger partial charge in [-0.1, -0.05) is 18.5 Å². The molecule has 1 atom stereocenters. The van der Waals surface area contributed by atoms with E-state index in [1.54, 1.807) is 23.1 Å². The number of ketones is 1. The molecule has 1 unspecified atom stereocenters. The highest BCUT2D eigenvalue weighted by atomic mass is 35.5. The van der Waals surface area contributed by atoms with Gasteiger partial charge in [0.1, 0.15) is 5.75 Å². The summed E-state index contributed by atoms with van der Waals surface area (Å²) >= 11 is 6.03. The van der Waals surface area contributed by atoms with Crippen molar-refractivity contribution in [1.29, 1.82) is 0 Å². The Morgan fingerprint density at radius 1 is 1.43 bits per heavy atom. The number of ether oxygens (including phenoxy) is 1. The minimum atomic E-state index is -0.0949. The van der Waals surface area contributed by atoms with Gasteiger partial charge in [0.05, 0.1) is 18.7 Å². The van der Waals surface area contributed by atoms with Gasteiger partial charge in [0.15, 0.2) is 5.78 Å². The highest BCUT2D eigenvalue weighted by molar-refractivity contribution is 6.32. The van der Waals surface area contributed by atoms with Crippen LogP contribution >= 0.6 is 11.6 Å². The number of Topliss-reactive ketones (excluding diaryl/α,β-unsaturated/α-hetero) is 1. The summed E-state index contributed by atoms with van der Waals surface area (Å²) in [6.45, 7) is 2.91. The fourth-order valence-electron chi connectivity index (χ4n) is 2.44. The maximum Gasteiger partial charge on any atom is 0.222 e. The van der Waals surface area contributed by atoms with Gasteiger partial charge in [0.2, 0.25) is 5.91 Å². The first kappa shape index (κ1) is 15.8. The van der Waals surface area contributed by atoms with Gasteiger partial charge < -0.3 is 9.64 Å². The first-order valence-electron chi connectivity index (χ1n) is 7.15. The first-order chi connectivity index (χ1) is 10.0. The van der Waals surface area contributed by atoms with Gasteiger partial charge in [0, 0.05) is 18.5 Å². The monoisotopic (exact) mass is 309 g/mol. The maximum atomic E-state index is 12.3. The van der Waals surface area contributed by atoms with Crippen molar-refractivity contribution in [2.45, 2.75) is 26.2 Å². The van der Waals surface area contributed by atoms with Crippen LogP contribution in [-0.2, 0) is 4.79 Å². The molecule has 114 valence electrons. The molecule has 1 saturated heterocycles. The van der Waals surface area contributed by atoms with Crippen molar-refractivity contribution < 1.29 is 14.3 Å². The molecule has 21 heavy (non-hydrogen) atoms. The molecule has 1 fully saturated rings. The summed E-state index contributed by atoms with van der Waals surface area (Å²) in [4.78, 5) is 26.0. The van der Waals surface area contributed by atoms with Crippen LogP contribution in [0.1, 0.15) is 36.5 Å². The number of methoxy groups -OCH3 is 1. The van der Waals surface area contributed by atoms with Crippen LogP contribution in [0.3, 0.4) is 0 Å². The second kappa shape index (κ2) is 6.94. The van der Waals surface area contributed by atoms with Crippen LogP contribution in [0.25, 0.3) is 0 Å². The maximum absolute atomic E-state index is 12.3.